The predicted molar refractivity (Wildman–Crippen MR) is 57.7 cm³/mol. The fourth-order valence-electron chi connectivity index (χ4n) is 2.11. The van der Waals surface area contributed by atoms with Crippen LogP contribution in [0.3, 0.4) is 0 Å². The van der Waals surface area contributed by atoms with Crippen LogP contribution >= 0.6 is 0 Å². The molecule has 1 fully saturated rings. The molecule has 2 atom stereocenters. The van der Waals surface area contributed by atoms with Crippen molar-refractivity contribution in [1.29, 1.82) is 5.26 Å². The number of unbranched alkanes of at least 4 members (excludes halogenated alkanes) is 1. The van der Waals surface area contributed by atoms with E-state index in [2.05, 4.69) is 17.9 Å². The summed E-state index contributed by atoms with van der Waals surface area (Å²) in [4.78, 5) is 2.45. The van der Waals surface area contributed by atoms with E-state index in [4.69, 9.17) is 11.0 Å². The Bertz CT molecular complexity index is 195. The monoisotopic (exact) mass is 195 g/mol. The number of hydrogen-bond acceptors (Lipinski definition) is 3. The SMILES string of the molecule is CC(N)C1CCCN(CCCC#N)C1. The van der Waals surface area contributed by atoms with Crippen LogP contribution in [0.5, 0.6) is 0 Å². The third-order valence-electron chi connectivity index (χ3n) is 3.05. The maximum Gasteiger partial charge on any atom is 0.0622 e. The molecule has 0 bridgehead atoms. The van der Waals surface area contributed by atoms with Gasteiger partial charge < -0.3 is 10.6 Å². The van der Waals surface area contributed by atoms with Crippen molar-refractivity contribution in [2.24, 2.45) is 11.7 Å². The number of nitriles is 1. The average molecular weight is 195 g/mol. The van der Waals surface area contributed by atoms with Crippen LogP contribution in [0.25, 0.3) is 0 Å². The van der Waals surface area contributed by atoms with Crippen LogP contribution in [0.2, 0.25) is 0 Å². The minimum Gasteiger partial charge on any atom is -0.328 e. The van der Waals surface area contributed by atoms with Crippen LogP contribution in [0, 0.1) is 17.2 Å². The largest absolute Gasteiger partial charge is 0.328 e. The van der Waals surface area contributed by atoms with Crippen LogP contribution in [0.15, 0.2) is 0 Å². The van der Waals surface area contributed by atoms with Crippen molar-refractivity contribution < 1.29 is 0 Å². The molecule has 0 aromatic carbocycles. The van der Waals surface area contributed by atoms with Gasteiger partial charge in [-0.3, -0.25) is 0 Å². The molecule has 1 aliphatic rings. The van der Waals surface area contributed by atoms with Crippen LogP contribution in [0.4, 0.5) is 0 Å². The molecule has 1 aliphatic heterocycles. The molecule has 80 valence electrons. The van der Waals surface area contributed by atoms with E-state index in [0.29, 0.717) is 18.4 Å². The van der Waals surface area contributed by atoms with E-state index in [1.165, 1.54) is 19.4 Å². The molecule has 0 aliphatic carbocycles. The lowest BCUT2D eigenvalue weighted by atomic mass is 9.92. The summed E-state index contributed by atoms with van der Waals surface area (Å²) in [6, 6.07) is 2.50. The maximum absolute atomic E-state index is 8.45. The highest BCUT2D eigenvalue weighted by molar-refractivity contribution is 4.79. The van der Waals surface area contributed by atoms with Gasteiger partial charge in [-0.15, -0.1) is 0 Å². The van der Waals surface area contributed by atoms with E-state index in [1.807, 2.05) is 0 Å². The van der Waals surface area contributed by atoms with E-state index >= 15 is 0 Å². The lowest BCUT2D eigenvalue weighted by Crippen LogP contribution is -2.42. The molecule has 0 saturated carbocycles. The Morgan fingerprint density at radius 3 is 3.07 bits per heavy atom. The summed E-state index contributed by atoms with van der Waals surface area (Å²) in [6.07, 6.45) is 4.21. The van der Waals surface area contributed by atoms with Gasteiger partial charge >= 0.3 is 0 Å². The van der Waals surface area contributed by atoms with E-state index in [-0.39, 0.29) is 0 Å². The second-order valence-electron chi connectivity index (χ2n) is 4.32. The van der Waals surface area contributed by atoms with E-state index in [1.54, 1.807) is 0 Å². The molecule has 1 rings (SSSR count). The molecule has 0 amide bonds. The first kappa shape index (κ1) is 11.5. The molecule has 2 N–H and O–H groups in total. The molecule has 0 spiro atoms. The molecular weight excluding hydrogens is 174 g/mol. The fraction of sp³-hybridized carbons (Fsp3) is 0.909. The number of nitrogens with zero attached hydrogens (tertiary/aromatic N) is 2. The molecule has 3 nitrogen and oxygen atoms in total. The van der Waals surface area contributed by atoms with Crippen molar-refractivity contribution in [3.05, 3.63) is 0 Å². The van der Waals surface area contributed by atoms with Gasteiger partial charge in [0.05, 0.1) is 6.07 Å². The van der Waals surface area contributed by atoms with E-state index in [9.17, 15) is 0 Å². The third-order valence-corrected chi connectivity index (χ3v) is 3.05. The average Bonchev–Trinajstić information content (AvgIpc) is 2.19. The van der Waals surface area contributed by atoms with Gasteiger partial charge in [0, 0.05) is 19.0 Å². The zero-order chi connectivity index (χ0) is 10.4. The van der Waals surface area contributed by atoms with Crippen molar-refractivity contribution in [3.8, 4) is 6.07 Å². The lowest BCUT2D eigenvalue weighted by molar-refractivity contribution is 0.160. The minimum absolute atomic E-state index is 0.314. The minimum atomic E-state index is 0.314. The Labute approximate surface area is 86.9 Å². The highest BCUT2D eigenvalue weighted by Crippen LogP contribution is 2.18. The molecule has 1 heterocycles. The van der Waals surface area contributed by atoms with Crippen LogP contribution in [-0.2, 0) is 0 Å². The number of likely N-dealkylation sites (tertiary alicyclic amines) is 1. The topological polar surface area (TPSA) is 53.0 Å². The maximum atomic E-state index is 8.45. The quantitative estimate of drug-likeness (QED) is 0.689. The molecule has 1 saturated heterocycles. The van der Waals surface area contributed by atoms with Crippen LogP contribution < -0.4 is 5.73 Å². The molecule has 0 radical (unpaired) electrons. The van der Waals surface area contributed by atoms with Crippen LogP contribution in [-0.4, -0.2) is 30.6 Å². The zero-order valence-electron chi connectivity index (χ0n) is 9.08. The summed E-state index contributed by atoms with van der Waals surface area (Å²) in [5.41, 5.74) is 5.91. The molecular formula is C11H21N3. The summed E-state index contributed by atoms with van der Waals surface area (Å²) < 4.78 is 0. The summed E-state index contributed by atoms with van der Waals surface area (Å²) >= 11 is 0. The Hall–Kier alpha value is -0.590. The predicted octanol–water partition coefficient (Wildman–Crippen LogP) is 1.35. The molecule has 2 unspecified atom stereocenters. The highest BCUT2D eigenvalue weighted by atomic mass is 15.1. The van der Waals surface area contributed by atoms with Gasteiger partial charge in [0.25, 0.3) is 0 Å². The standard InChI is InChI=1S/C11H21N3/c1-10(13)11-5-4-8-14(9-11)7-3-2-6-12/h10-11H,2-5,7-9,13H2,1H3. The molecule has 14 heavy (non-hydrogen) atoms. The summed E-state index contributed by atoms with van der Waals surface area (Å²) in [7, 11) is 0. The number of piperidine rings is 1. The van der Waals surface area contributed by atoms with Gasteiger partial charge in [-0.1, -0.05) is 0 Å². The van der Waals surface area contributed by atoms with E-state index < -0.39 is 0 Å². The van der Waals surface area contributed by atoms with Gasteiger partial charge in [-0.25, -0.2) is 0 Å². The van der Waals surface area contributed by atoms with Gasteiger partial charge in [-0.2, -0.15) is 5.26 Å². The van der Waals surface area contributed by atoms with Crippen molar-refractivity contribution in [2.75, 3.05) is 19.6 Å². The summed E-state index contributed by atoms with van der Waals surface area (Å²) in [6.45, 7) is 5.48. The van der Waals surface area contributed by atoms with Gasteiger partial charge in [0.15, 0.2) is 0 Å². The van der Waals surface area contributed by atoms with Gasteiger partial charge in [0.2, 0.25) is 0 Å². The first-order valence-corrected chi connectivity index (χ1v) is 5.59. The Morgan fingerprint density at radius 1 is 1.64 bits per heavy atom. The highest BCUT2D eigenvalue weighted by Gasteiger charge is 2.21. The number of rotatable bonds is 4. The van der Waals surface area contributed by atoms with Gasteiger partial charge in [0.1, 0.15) is 0 Å². The smallest absolute Gasteiger partial charge is 0.0622 e. The lowest BCUT2D eigenvalue weighted by Gasteiger charge is -2.34. The Balaban J connectivity index is 2.23. The summed E-state index contributed by atoms with van der Waals surface area (Å²) in [5, 5.41) is 8.45. The Morgan fingerprint density at radius 2 is 2.43 bits per heavy atom. The number of hydrogen-bond donors (Lipinski definition) is 1. The first-order valence-electron chi connectivity index (χ1n) is 5.59. The summed E-state index contributed by atoms with van der Waals surface area (Å²) in [5.74, 6) is 0.658. The molecule has 0 aromatic heterocycles. The Kier molecular flexibility index (Phi) is 4.92. The van der Waals surface area contributed by atoms with Crippen molar-refractivity contribution in [2.45, 2.75) is 38.6 Å². The second kappa shape index (κ2) is 6.00. The zero-order valence-corrected chi connectivity index (χ0v) is 9.08. The second-order valence-corrected chi connectivity index (χ2v) is 4.32. The van der Waals surface area contributed by atoms with E-state index in [0.717, 1.165) is 19.5 Å². The van der Waals surface area contributed by atoms with Crippen molar-refractivity contribution in [3.63, 3.8) is 0 Å². The molecule has 0 aromatic rings. The number of nitrogens with two attached hydrogens (primary N) is 1. The van der Waals surface area contributed by atoms with Gasteiger partial charge in [-0.05, 0) is 45.2 Å². The molecule has 3 heteroatoms. The third kappa shape index (κ3) is 3.65. The normalized spacial score (nSPS) is 25.6. The van der Waals surface area contributed by atoms with Crippen molar-refractivity contribution in [1.82, 2.24) is 4.90 Å². The fourth-order valence-corrected chi connectivity index (χ4v) is 2.11. The first-order chi connectivity index (χ1) is 6.74. The van der Waals surface area contributed by atoms with Crippen molar-refractivity contribution >= 4 is 0 Å². The van der Waals surface area contributed by atoms with Crippen LogP contribution in [0.1, 0.15) is 32.6 Å².